The fourth-order valence-corrected chi connectivity index (χ4v) is 3.40. The average Bonchev–Trinajstić information content (AvgIpc) is 3.18. The third-order valence-corrected chi connectivity index (χ3v) is 4.85. The lowest BCUT2D eigenvalue weighted by atomic mass is 10.0. The minimum atomic E-state index is -0.174. The smallest absolute Gasteiger partial charge is 0.255 e. The van der Waals surface area contributed by atoms with E-state index in [-0.39, 0.29) is 11.9 Å². The zero-order valence-electron chi connectivity index (χ0n) is 16.6. The molecule has 2 aromatic heterocycles. The number of hydrogen-bond donors (Lipinski definition) is 1. The summed E-state index contributed by atoms with van der Waals surface area (Å²) in [6, 6.07) is 13.4. The largest absolute Gasteiger partial charge is 0.497 e. The quantitative estimate of drug-likeness (QED) is 0.527. The maximum Gasteiger partial charge on any atom is 0.255 e. The summed E-state index contributed by atoms with van der Waals surface area (Å²) in [5, 5.41) is 3.95. The fourth-order valence-electron chi connectivity index (χ4n) is 3.40. The van der Waals surface area contributed by atoms with Gasteiger partial charge in [0.2, 0.25) is 0 Å². The summed E-state index contributed by atoms with van der Waals surface area (Å²) in [5.74, 6) is 0.568. The Morgan fingerprint density at radius 3 is 2.45 bits per heavy atom. The van der Waals surface area contributed by atoms with Crippen molar-refractivity contribution < 1.29 is 9.53 Å². The molecule has 0 fully saturated rings. The van der Waals surface area contributed by atoms with Gasteiger partial charge in [-0.25, -0.2) is 9.97 Å². The maximum absolute atomic E-state index is 13.0. The van der Waals surface area contributed by atoms with Crippen LogP contribution in [0.4, 0.5) is 5.69 Å². The van der Waals surface area contributed by atoms with E-state index in [1.54, 1.807) is 19.5 Å². The van der Waals surface area contributed by atoms with E-state index in [0.717, 1.165) is 27.8 Å². The summed E-state index contributed by atoms with van der Waals surface area (Å²) < 4.78 is 7.36. The van der Waals surface area contributed by atoms with Crippen LogP contribution in [0.2, 0.25) is 0 Å². The summed E-state index contributed by atoms with van der Waals surface area (Å²) in [6.07, 6.45) is 7.09. The number of nitrogens with one attached hydrogen (secondary N) is 1. The number of carbonyl (C=O) groups excluding carboxylic acids is 1. The number of methoxy groups -OCH3 is 1. The highest BCUT2D eigenvalue weighted by molar-refractivity contribution is 6.09. The van der Waals surface area contributed by atoms with Crippen molar-refractivity contribution in [1.82, 2.24) is 14.5 Å². The Bertz CT molecular complexity index is 1150. The second-order valence-corrected chi connectivity index (χ2v) is 7.09. The predicted molar refractivity (Wildman–Crippen MR) is 114 cm³/mol. The zero-order chi connectivity index (χ0) is 20.4. The first-order chi connectivity index (χ1) is 14.1. The van der Waals surface area contributed by atoms with Crippen LogP contribution in [0.3, 0.4) is 0 Å². The Balaban J connectivity index is 1.78. The van der Waals surface area contributed by atoms with Crippen molar-refractivity contribution in [3.8, 4) is 16.9 Å². The highest BCUT2D eigenvalue weighted by Crippen LogP contribution is 2.32. The number of rotatable bonds is 5. The minimum Gasteiger partial charge on any atom is -0.497 e. The molecule has 0 unspecified atom stereocenters. The van der Waals surface area contributed by atoms with Crippen molar-refractivity contribution in [2.45, 2.75) is 19.9 Å². The summed E-state index contributed by atoms with van der Waals surface area (Å²) in [6.45, 7) is 4.27. The van der Waals surface area contributed by atoms with Crippen molar-refractivity contribution in [2.75, 3.05) is 12.4 Å². The molecule has 0 aliphatic heterocycles. The van der Waals surface area contributed by atoms with Crippen LogP contribution in [0.1, 0.15) is 30.2 Å². The molecule has 0 atom stereocenters. The van der Waals surface area contributed by atoms with Crippen LogP contribution in [0.25, 0.3) is 22.0 Å². The predicted octanol–water partition coefficient (Wildman–Crippen LogP) is 4.94. The SMILES string of the molecule is COc1ccc(NC(=O)c2cc(-c3cncnc3)c3c(ccn3C(C)C)c2)cc1. The molecule has 0 bridgehead atoms. The summed E-state index contributed by atoms with van der Waals surface area (Å²) in [7, 11) is 1.61. The molecule has 0 aliphatic carbocycles. The van der Waals surface area contributed by atoms with Crippen molar-refractivity contribution >= 4 is 22.5 Å². The molecular weight excluding hydrogens is 364 g/mol. The Morgan fingerprint density at radius 1 is 1.07 bits per heavy atom. The van der Waals surface area contributed by atoms with E-state index in [0.29, 0.717) is 11.3 Å². The van der Waals surface area contributed by atoms with Crippen LogP contribution in [-0.4, -0.2) is 27.6 Å². The molecule has 0 aliphatic rings. The molecule has 2 heterocycles. The number of amides is 1. The maximum atomic E-state index is 13.0. The highest BCUT2D eigenvalue weighted by Gasteiger charge is 2.16. The van der Waals surface area contributed by atoms with Crippen LogP contribution in [0.5, 0.6) is 5.75 Å². The number of ether oxygens (including phenoxy) is 1. The second-order valence-electron chi connectivity index (χ2n) is 7.09. The second kappa shape index (κ2) is 7.75. The van der Waals surface area contributed by atoms with Gasteiger partial charge in [0, 0.05) is 52.4 Å². The topological polar surface area (TPSA) is 69.0 Å². The normalized spacial score (nSPS) is 11.0. The average molecular weight is 386 g/mol. The first-order valence-electron chi connectivity index (χ1n) is 9.42. The monoisotopic (exact) mass is 386 g/mol. The summed E-state index contributed by atoms with van der Waals surface area (Å²) in [4.78, 5) is 21.3. The van der Waals surface area contributed by atoms with Crippen LogP contribution in [-0.2, 0) is 0 Å². The standard InChI is InChI=1S/C23H22N4O2/c1-15(2)27-9-8-16-10-17(11-21(22(16)27)18-12-24-14-25-13-18)23(28)26-19-4-6-20(29-3)7-5-19/h4-15H,1-3H3,(H,26,28). The summed E-state index contributed by atoms with van der Waals surface area (Å²) in [5.41, 5.74) is 4.16. The molecule has 146 valence electrons. The number of anilines is 1. The van der Waals surface area contributed by atoms with Gasteiger partial charge >= 0.3 is 0 Å². The molecule has 4 rings (SSSR count). The third kappa shape index (κ3) is 3.69. The van der Waals surface area contributed by atoms with Gasteiger partial charge in [-0.1, -0.05) is 0 Å². The van der Waals surface area contributed by atoms with Crippen molar-refractivity contribution in [3.63, 3.8) is 0 Å². The molecule has 1 N–H and O–H groups in total. The lowest BCUT2D eigenvalue weighted by Crippen LogP contribution is -2.12. The minimum absolute atomic E-state index is 0.174. The van der Waals surface area contributed by atoms with Crippen molar-refractivity contribution in [1.29, 1.82) is 0 Å². The molecule has 0 saturated heterocycles. The van der Waals surface area contributed by atoms with Crippen LogP contribution < -0.4 is 10.1 Å². The molecule has 29 heavy (non-hydrogen) atoms. The third-order valence-electron chi connectivity index (χ3n) is 4.85. The van der Waals surface area contributed by atoms with Crippen LogP contribution in [0.15, 0.2) is 67.4 Å². The number of carbonyl (C=O) groups is 1. The lowest BCUT2D eigenvalue weighted by molar-refractivity contribution is 0.102. The van der Waals surface area contributed by atoms with Crippen molar-refractivity contribution in [2.24, 2.45) is 0 Å². The Morgan fingerprint density at radius 2 is 1.79 bits per heavy atom. The van der Waals surface area contributed by atoms with E-state index < -0.39 is 0 Å². The van der Waals surface area contributed by atoms with Gasteiger partial charge in [-0.15, -0.1) is 0 Å². The molecule has 0 spiro atoms. The fraction of sp³-hybridized carbons (Fsp3) is 0.174. The first kappa shape index (κ1) is 18.7. The highest BCUT2D eigenvalue weighted by atomic mass is 16.5. The Kier molecular flexibility index (Phi) is 4.99. The van der Waals surface area contributed by atoms with E-state index in [2.05, 4.69) is 33.7 Å². The zero-order valence-corrected chi connectivity index (χ0v) is 16.6. The van der Waals surface area contributed by atoms with E-state index in [1.165, 1.54) is 6.33 Å². The van der Waals surface area contributed by atoms with Gasteiger partial charge < -0.3 is 14.6 Å². The number of benzene rings is 2. The molecule has 0 radical (unpaired) electrons. The Hall–Kier alpha value is -3.67. The molecule has 0 saturated carbocycles. The number of nitrogens with zero attached hydrogens (tertiary/aromatic N) is 3. The van der Waals surface area contributed by atoms with Gasteiger partial charge in [0.15, 0.2) is 0 Å². The first-order valence-corrected chi connectivity index (χ1v) is 9.42. The van der Waals surface area contributed by atoms with Gasteiger partial charge in [0.05, 0.1) is 12.6 Å². The molecule has 2 aromatic carbocycles. The van der Waals surface area contributed by atoms with E-state index in [9.17, 15) is 4.79 Å². The van der Waals surface area contributed by atoms with Gasteiger partial charge in [0.25, 0.3) is 5.91 Å². The van der Waals surface area contributed by atoms with Crippen molar-refractivity contribution in [3.05, 3.63) is 72.9 Å². The molecule has 6 heteroatoms. The van der Waals surface area contributed by atoms with Gasteiger partial charge in [-0.2, -0.15) is 0 Å². The molecule has 1 amide bonds. The van der Waals surface area contributed by atoms with E-state index in [1.807, 2.05) is 48.7 Å². The number of aromatic nitrogens is 3. The van der Waals surface area contributed by atoms with Crippen LogP contribution >= 0.6 is 0 Å². The number of fused-ring (bicyclic) bond motifs is 1. The Labute approximate surface area is 169 Å². The molecule has 6 nitrogen and oxygen atoms in total. The van der Waals surface area contributed by atoms with E-state index in [4.69, 9.17) is 4.74 Å². The summed E-state index contributed by atoms with van der Waals surface area (Å²) >= 11 is 0. The lowest BCUT2D eigenvalue weighted by Gasteiger charge is -2.14. The van der Waals surface area contributed by atoms with Gasteiger partial charge in [0.1, 0.15) is 12.1 Å². The van der Waals surface area contributed by atoms with E-state index >= 15 is 0 Å². The molecule has 4 aromatic rings. The van der Waals surface area contributed by atoms with Crippen LogP contribution in [0, 0.1) is 0 Å². The molecular formula is C23H22N4O2. The van der Waals surface area contributed by atoms with Gasteiger partial charge in [-0.3, -0.25) is 4.79 Å². The van der Waals surface area contributed by atoms with Gasteiger partial charge in [-0.05, 0) is 56.3 Å². The number of hydrogen-bond acceptors (Lipinski definition) is 4.